The maximum Gasteiger partial charge on any atom is 0.408 e. The second-order valence-corrected chi connectivity index (χ2v) is 18.2. The second-order valence-electron chi connectivity index (χ2n) is 16.3. The summed E-state index contributed by atoms with van der Waals surface area (Å²) in [7, 11) is -0.510. The van der Waals surface area contributed by atoms with Gasteiger partial charge in [-0.3, -0.25) is 19.1 Å². The molecule has 1 saturated heterocycles. The fourth-order valence-electron chi connectivity index (χ4n) is 7.41. The average molecular weight is 807 g/mol. The lowest BCUT2D eigenvalue weighted by molar-refractivity contribution is -0.141. The number of amides is 4. The quantitative estimate of drug-likeness (QED) is 0.281. The average Bonchev–Trinajstić information content (AvgIpc) is 4.01. The molecular weight excluding hydrogens is 757 g/mol. The van der Waals surface area contributed by atoms with Gasteiger partial charge in [0.05, 0.1) is 18.9 Å². The highest BCUT2D eigenvalue weighted by Crippen LogP contribution is 2.46. The summed E-state index contributed by atoms with van der Waals surface area (Å²) in [6.45, 7) is 5.77. The van der Waals surface area contributed by atoms with Crippen LogP contribution in [0.4, 0.5) is 4.79 Å². The van der Waals surface area contributed by atoms with E-state index in [9.17, 15) is 27.6 Å². The molecule has 17 nitrogen and oxygen atoms in total. The fourth-order valence-corrected chi connectivity index (χ4v) is 8.77. The van der Waals surface area contributed by atoms with E-state index in [0.717, 1.165) is 5.39 Å². The van der Waals surface area contributed by atoms with Gasteiger partial charge in [-0.25, -0.2) is 17.9 Å². The van der Waals surface area contributed by atoms with Gasteiger partial charge in [-0.05, 0) is 102 Å². The third-order valence-corrected chi connectivity index (χ3v) is 12.4. The Morgan fingerprint density at radius 3 is 2.60 bits per heavy atom. The fraction of sp³-hybridized carbons (Fsp3) is 0.538. The van der Waals surface area contributed by atoms with E-state index < -0.39 is 74.3 Å². The van der Waals surface area contributed by atoms with Crippen molar-refractivity contribution >= 4 is 44.6 Å². The van der Waals surface area contributed by atoms with Gasteiger partial charge in [0.25, 0.3) is 5.91 Å². The Morgan fingerprint density at radius 2 is 1.89 bits per heavy atom. The van der Waals surface area contributed by atoms with Gasteiger partial charge in [-0.15, -0.1) is 0 Å². The monoisotopic (exact) mass is 806 g/mol. The van der Waals surface area contributed by atoms with Gasteiger partial charge in [-0.1, -0.05) is 12.2 Å². The lowest BCUT2D eigenvalue weighted by atomic mass is 10.1. The number of carbonyl (C=O) groups excluding carboxylic acids is 4. The van der Waals surface area contributed by atoms with E-state index in [0.29, 0.717) is 49.2 Å². The summed E-state index contributed by atoms with van der Waals surface area (Å²) in [5.41, 5.74) is -2.38. The van der Waals surface area contributed by atoms with Gasteiger partial charge < -0.3 is 34.6 Å². The number of aromatic nitrogens is 3. The molecule has 0 radical (unpaired) electrons. The minimum Gasteiger partial charge on any atom is -0.497 e. The number of rotatable bonds is 8. The SMILES string of the molecule is COc1ccc2c(O[C@@H]3C[C@H]4C(=O)N[C@]5(C(=O)NS(=O)(=O)C6CC6)C[C@H]5/C=C\CCCN(C)C[C@H](NC(=O)OC(C)(C)C)C(=O)N4C3)nc(-n3cccn3)cc2c1. The minimum atomic E-state index is -3.92. The maximum atomic E-state index is 14.7. The minimum absolute atomic E-state index is 0.00350. The van der Waals surface area contributed by atoms with Gasteiger partial charge in [0.2, 0.25) is 27.7 Å². The van der Waals surface area contributed by atoms with Crippen LogP contribution in [-0.2, 0) is 29.1 Å². The van der Waals surface area contributed by atoms with E-state index in [-0.39, 0.29) is 31.8 Å². The molecule has 4 aliphatic rings. The summed E-state index contributed by atoms with van der Waals surface area (Å²) >= 11 is 0. The summed E-state index contributed by atoms with van der Waals surface area (Å²) in [4.78, 5) is 64.2. The lowest BCUT2D eigenvalue weighted by Crippen LogP contribution is -2.59. The van der Waals surface area contributed by atoms with Crippen LogP contribution in [-0.4, -0.2) is 125 Å². The van der Waals surface area contributed by atoms with Crippen molar-refractivity contribution in [3.63, 3.8) is 0 Å². The number of alkyl carbamates (subject to hydrolysis) is 1. The zero-order valence-electron chi connectivity index (χ0n) is 32.8. The van der Waals surface area contributed by atoms with Crippen molar-refractivity contribution in [2.75, 3.05) is 33.8 Å². The first-order chi connectivity index (χ1) is 27.0. The number of allylic oxidation sites excluding steroid dienone is 1. The normalized spacial score (nSPS) is 26.6. The molecule has 2 aromatic heterocycles. The predicted octanol–water partition coefficient (Wildman–Crippen LogP) is 2.44. The van der Waals surface area contributed by atoms with Crippen molar-refractivity contribution in [3.8, 4) is 17.4 Å². The number of hydrogen-bond donors (Lipinski definition) is 3. The zero-order chi connectivity index (χ0) is 40.7. The number of pyridine rings is 1. The summed E-state index contributed by atoms with van der Waals surface area (Å²) < 4.78 is 47.2. The number of nitrogens with zero attached hydrogens (tertiary/aromatic N) is 5. The molecule has 0 spiro atoms. The molecule has 2 aliphatic heterocycles. The summed E-state index contributed by atoms with van der Waals surface area (Å²) in [6, 6.07) is 6.73. The Morgan fingerprint density at radius 1 is 1.11 bits per heavy atom. The Labute approximate surface area is 331 Å². The molecule has 3 aromatic rings. The van der Waals surface area contributed by atoms with E-state index in [1.165, 1.54) is 4.90 Å². The van der Waals surface area contributed by atoms with E-state index in [2.05, 4.69) is 20.5 Å². The van der Waals surface area contributed by atoms with E-state index in [4.69, 9.17) is 19.2 Å². The first-order valence-corrected chi connectivity index (χ1v) is 20.8. The topological polar surface area (TPSA) is 203 Å². The molecule has 18 heteroatoms. The molecule has 7 rings (SSSR count). The van der Waals surface area contributed by atoms with Crippen molar-refractivity contribution in [2.24, 2.45) is 5.92 Å². The third-order valence-electron chi connectivity index (χ3n) is 10.6. The summed E-state index contributed by atoms with van der Waals surface area (Å²) in [5.74, 6) is -1.17. The number of carbonyl (C=O) groups is 4. The van der Waals surface area contributed by atoms with Crippen molar-refractivity contribution in [1.82, 2.24) is 39.9 Å². The smallest absolute Gasteiger partial charge is 0.408 e. The molecule has 2 saturated carbocycles. The van der Waals surface area contributed by atoms with Crippen LogP contribution in [0.5, 0.6) is 11.6 Å². The molecule has 306 valence electrons. The van der Waals surface area contributed by atoms with Gasteiger partial charge >= 0.3 is 6.09 Å². The highest BCUT2D eigenvalue weighted by molar-refractivity contribution is 7.91. The summed E-state index contributed by atoms with van der Waals surface area (Å²) in [6.07, 6.45) is 8.00. The Hall–Kier alpha value is -5.23. The molecular formula is C39H50N8O9S. The molecule has 5 atom stereocenters. The van der Waals surface area contributed by atoms with Crippen LogP contribution >= 0.6 is 0 Å². The maximum absolute atomic E-state index is 14.7. The van der Waals surface area contributed by atoms with Gasteiger partial charge in [0.1, 0.15) is 35.1 Å². The molecule has 1 aromatic carbocycles. The van der Waals surface area contributed by atoms with Gasteiger partial charge in [0, 0.05) is 36.7 Å². The number of hydrogen-bond acceptors (Lipinski definition) is 12. The van der Waals surface area contributed by atoms with E-state index in [1.807, 2.05) is 42.3 Å². The van der Waals surface area contributed by atoms with Crippen LogP contribution in [0.2, 0.25) is 0 Å². The van der Waals surface area contributed by atoms with Crippen LogP contribution in [0, 0.1) is 5.92 Å². The van der Waals surface area contributed by atoms with Crippen LogP contribution in [0.3, 0.4) is 0 Å². The number of nitrogens with one attached hydrogen (secondary N) is 3. The van der Waals surface area contributed by atoms with Crippen molar-refractivity contribution in [1.29, 1.82) is 0 Å². The van der Waals surface area contributed by atoms with Crippen LogP contribution < -0.4 is 24.8 Å². The first-order valence-electron chi connectivity index (χ1n) is 19.2. The van der Waals surface area contributed by atoms with Gasteiger partial charge in [-0.2, -0.15) is 10.1 Å². The zero-order valence-corrected chi connectivity index (χ0v) is 33.6. The Balaban J connectivity index is 1.24. The number of fused-ring (bicyclic) bond motifs is 3. The van der Waals surface area contributed by atoms with Crippen LogP contribution in [0.15, 0.2) is 54.9 Å². The van der Waals surface area contributed by atoms with Crippen molar-refractivity contribution in [3.05, 3.63) is 54.9 Å². The number of sulfonamides is 1. The highest BCUT2D eigenvalue weighted by atomic mass is 32.2. The predicted molar refractivity (Wildman–Crippen MR) is 208 cm³/mol. The molecule has 2 aliphatic carbocycles. The third kappa shape index (κ3) is 9.01. The van der Waals surface area contributed by atoms with E-state index >= 15 is 0 Å². The second kappa shape index (κ2) is 15.6. The molecule has 3 fully saturated rings. The van der Waals surface area contributed by atoms with Gasteiger partial charge in [0.15, 0.2) is 5.82 Å². The standard InChI is InChI=1S/C39H50N8O9S/c1-38(2,3)56-37(51)41-30-23-45(4)16-8-6-7-10-25-21-39(25,36(50)44-57(52,53)28-12-13-28)43-33(48)31-20-27(22-46(31)35(30)49)55-34-29-14-11-26(54-5)18-24(29)19-32(42-34)47-17-9-15-40-47/h7,9-11,14-15,17-19,25,27-28,30-31H,6,8,12-13,16,20-23H2,1-5H3,(H,41,51)(H,43,48)(H,44,50)/b10-7-/t25-,27-,30+,31+,39-/m1/s1. The molecule has 57 heavy (non-hydrogen) atoms. The van der Waals surface area contributed by atoms with Crippen LogP contribution in [0.1, 0.15) is 59.3 Å². The van der Waals surface area contributed by atoms with Crippen LogP contribution in [0.25, 0.3) is 16.6 Å². The molecule has 0 unspecified atom stereocenters. The molecule has 4 amide bonds. The van der Waals surface area contributed by atoms with E-state index in [1.54, 1.807) is 57.1 Å². The number of methoxy groups -OCH3 is 1. The molecule has 0 bridgehead atoms. The first kappa shape index (κ1) is 40.0. The van der Waals surface area contributed by atoms with Crippen molar-refractivity contribution < 1.29 is 41.8 Å². The lowest BCUT2D eigenvalue weighted by Gasteiger charge is -2.32. The number of benzene rings is 1. The molecule has 3 N–H and O–H groups in total. The summed E-state index contributed by atoms with van der Waals surface area (Å²) in [5, 5.41) is 10.7. The Bertz CT molecular complexity index is 2170. The Kier molecular flexibility index (Phi) is 10.9. The highest BCUT2D eigenvalue weighted by Gasteiger charge is 2.62. The number of ether oxygens (including phenoxy) is 3. The molecule has 4 heterocycles. The van der Waals surface area contributed by atoms with Crippen molar-refractivity contribution in [2.45, 2.75) is 93.9 Å². The largest absolute Gasteiger partial charge is 0.497 e. The number of likely N-dealkylation sites (N-methyl/N-ethyl adjacent to an activating group) is 1.